The summed E-state index contributed by atoms with van der Waals surface area (Å²) in [4.78, 5) is 6.82. The van der Waals surface area contributed by atoms with Gasteiger partial charge in [0.25, 0.3) is 0 Å². The van der Waals surface area contributed by atoms with Gasteiger partial charge in [0.05, 0.1) is 11.1 Å². The maximum atomic E-state index is 9.82. The van der Waals surface area contributed by atoms with E-state index in [-0.39, 0.29) is 6.61 Å². The molecular weight excluding hydrogens is 338 g/mol. The van der Waals surface area contributed by atoms with Crippen molar-refractivity contribution < 1.29 is 9.15 Å². The van der Waals surface area contributed by atoms with Crippen LogP contribution in [0.15, 0.2) is 40.8 Å². The van der Waals surface area contributed by atoms with Crippen LogP contribution in [-0.2, 0) is 0 Å². The van der Waals surface area contributed by atoms with E-state index in [9.17, 15) is 5.26 Å². The molecule has 1 aliphatic heterocycles. The predicted octanol–water partition coefficient (Wildman–Crippen LogP) is 4.81. The van der Waals surface area contributed by atoms with Crippen LogP contribution in [0.1, 0.15) is 30.9 Å². The van der Waals surface area contributed by atoms with Crippen molar-refractivity contribution in [2.45, 2.75) is 20.8 Å². The molecule has 2 aromatic carbocycles. The fraction of sp³-hybridized carbons (Fsp3) is 0.273. The summed E-state index contributed by atoms with van der Waals surface area (Å²) in [6, 6.07) is 14.2. The SMILES string of the molecule is CCN(CC)c1ccc2c(c1)OCC(c1nc3cc(C)ccc3o1)=C2C#N. The van der Waals surface area contributed by atoms with Crippen LogP contribution in [-0.4, -0.2) is 24.7 Å². The molecule has 4 rings (SSSR count). The highest BCUT2D eigenvalue weighted by Crippen LogP contribution is 2.39. The first-order valence-corrected chi connectivity index (χ1v) is 9.17. The number of rotatable bonds is 4. The molecule has 1 aliphatic rings. The summed E-state index contributed by atoms with van der Waals surface area (Å²) in [7, 11) is 0. The van der Waals surface area contributed by atoms with Gasteiger partial charge < -0.3 is 14.1 Å². The van der Waals surface area contributed by atoms with Crippen LogP contribution >= 0.6 is 0 Å². The number of nitriles is 1. The van der Waals surface area contributed by atoms with Gasteiger partial charge in [0.15, 0.2) is 5.58 Å². The average molecular weight is 359 g/mol. The Morgan fingerprint density at radius 3 is 2.70 bits per heavy atom. The number of ether oxygens (including phenoxy) is 1. The maximum Gasteiger partial charge on any atom is 0.228 e. The Hall–Kier alpha value is -3.26. The third-order valence-corrected chi connectivity index (χ3v) is 4.95. The van der Waals surface area contributed by atoms with E-state index in [2.05, 4.69) is 29.8 Å². The highest BCUT2D eigenvalue weighted by molar-refractivity contribution is 6.00. The summed E-state index contributed by atoms with van der Waals surface area (Å²) >= 11 is 0. The molecule has 136 valence electrons. The number of hydrogen-bond acceptors (Lipinski definition) is 5. The highest BCUT2D eigenvalue weighted by atomic mass is 16.5. The summed E-state index contributed by atoms with van der Waals surface area (Å²) in [5.41, 5.74) is 5.75. The first-order valence-electron chi connectivity index (χ1n) is 9.17. The van der Waals surface area contributed by atoms with Gasteiger partial charge in [-0.1, -0.05) is 6.07 Å². The van der Waals surface area contributed by atoms with Gasteiger partial charge in [0.1, 0.15) is 23.9 Å². The van der Waals surface area contributed by atoms with Crippen molar-refractivity contribution in [3.63, 3.8) is 0 Å². The normalized spacial score (nSPS) is 13.3. The van der Waals surface area contributed by atoms with E-state index in [1.807, 2.05) is 43.3 Å². The number of benzene rings is 2. The Morgan fingerprint density at radius 1 is 1.15 bits per heavy atom. The monoisotopic (exact) mass is 359 g/mol. The topological polar surface area (TPSA) is 62.3 Å². The van der Waals surface area contributed by atoms with E-state index in [4.69, 9.17) is 9.15 Å². The van der Waals surface area contributed by atoms with Crippen molar-refractivity contribution in [1.82, 2.24) is 4.98 Å². The molecule has 0 saturated carbocycles. The molecule has 0 fully saturated rings. The average Bonchev–Trinajstić information content (AvgIpc) is 3.10. The minimum atomic E-state index is 0.267. The first-order chi connectivity index (χ1) is 13.1. The van der Waals surface area contributed by atoms with Crippen LogP contribution in [0.2, 0.25) is 0 Å². The van der Waals surface area contributed by atoms with Crippen LogP contribution in [0.4, 0.5) is 5.69 Å². The van der Waals surface area contributed by atoms with Gasteiger partial charge in [-0.15, -0.1) is 0 Å². The Labute approximate surface area is 158 Å². The molecule has 0 N–H and O–H groups in total. The Balaban J connectivity index is 1.81. The van der Waals surface area contributed by atoms with Crippen molar-refractivity contribution in [2.24, 2.45) is 0 Å². The quantitative estimate of drug-likeness (QED) is 0.669. The zero-order valence-corrected chi connectivity index (χ0v) is 15.7. The number of oxazole rings is 1. The van der Waals surface area contributed by atoms with Gasteiger partial charge in [-0.3, -0.25) is 0 Å². The van der Waals surface area contributed by atoms with Crippen LogP contribution in [0.25, 0.3) is 22.2 Å². The molecule has 0 spiro atoms. The van der Waals surface area contributed by atoms with Gasteiger partial charge in [0.2, 0.25) is 5.89 Å². The number of hydrogen-bond donors (Lipinski definition) is 0. The third-order valence-electron chi connectivity index (χ3n) is 4.95. The van der Waals surface area contributed by atoms with Crippen molar-refractivity contribution in [3.8, 4) is 11.8 Å². The number of anilines is 1. The molecule has 0 atom stereocenters. The zero-order chi connectivity index (χ0) is 19.0. The van der Waals surface area contributed by atoms with Crippen LogP contribution in [0.3, 0.4) is 0 Å². The minimum Gasteiger partial charge on any atom is -0.488 e. The Morgan fingerprint density at radius 2 is 1.96 bits per heavy atom. The standard InChI is InChI=1S/C22H21N3O2/c1-4-25(5-2)15-7-8-16-17(12-23)18(13-26-21(16)11-15)22-24-19-10-14(3)6-9-20(19)27-22/h6-11H,4-5,13H2,1-3H3. The lowest BCUT2D eigenvalue weighted by Gasteiger charge is -2.24. The number of fused-ring (bicyclic) bond motifs is 2. The van der Waals surface area contributed by atoms with E-state index < -0.39 is 0 Å². The molecule has 5 heteroatoms. The number of aromatic nitrogens is 1. The molecule has 0 saturated heterocycles. The fourth-order valence-corrected chi connectivity index (χ4v) is 3.47. The second-order valence-corrected chi connectivity index (χ2v) is 6.60. The summed E-state index contributed by atoms with van der Waals surface area (Å²) in [5.74, 6) is 1.18. The van der Waals surface area contributed by atoms with Gasteiger partial charge in [-0.25, -0.2) is 4.98 Å². The van der Waals surface area contributed by atoms with E-state index >= 15 is 0 Å². The van der Waals surface area contributed by atoms with Gasteiger partial charge >= 0.3 is 0 Å². The van der Waals surface area contributed by atoms with Crippen molar-refractivity contribution in [3.05, 3.63) is 53.4 Å². The van der Waals surface area contributed by atoms with Gasteiger partial charge in [-0.2, -0.15) is 5.26 Å². The van der Waals surface area contributed by atoms with Gasteiger partial charge in [-0.05, 0) is 50.6 Å². The summed E-state index contributed by atoms with van der Waals surface area (Å²) in [5, 5.41) is 9.82. The largest absolute Gasteiger partial charge is 0.488 e. The molecule has 0 amide bonds. The van der Waals surface area contributed by atoms with E-state index in [1.54, 1.807) is 0 Å². The van der Waals surface area contributed by atoms with Crippen LogP contribution < -0.4 is 9.64 Å². The predicted molar refractivity (Wildman–Crippen MR) is 107 cm³/mol. The molecule has 3 aromatic rings. The molecule has 0 bridgehead atoms. The molecule has 5 nitrogen and oxygen atoms in total. The summed E-state index contributed by atoms with van der Waals surface area (Å²) < 4.78 is 11.9. The smallest absolute Gasteiger partial charge is 0.228 e. The van der Waals surface area contributed by atoms with Crippen LogP contribution in [0.5, 0.6) is 5.75 Å². The Kier molecular flexibility index (Phi) is 4.33. The summed E-state index contributed by atoms with van der Waals surface area (Å²) in [6.07, 6.45) is 0. The molecule has 2 heterocycles. The summed E-state index contributed by atoms with van der Waals surface area (Å²) in [6.45, 7) is 8.37. The van der Waals surface area contributed by atoms with Crippen molar-refractivity contribution in [1.29, 1.82) is 5.26 Å². The lowest BCUT2D eigenvalue weighted by atomic mass is 9.97. The number of allylic oxidation sites excluding steroid dienone is 1. The highest BCUT2D eigenvalue weighted by Gasteiger charge is 2.25. The zero-order valence-electron chi connectivity index (χ0n) is 15.7. The molecule has 0 aliphatic carbocycles. The molecule has 0 radical (unpaired) electrons. The van der Waals surface area contributed by atoms with Gasteiger partial charge in [0, 0.05) is 30.4 Å². The second-order valence-electron chi connectivity index (χ2n) is 6.60. The van der Waals surface area contributed by atoms with E-state index in [0.717, 1.165) is 41.2 Å². The molecule has 0 unspecified atom stereocenters. The van der Waals surface area contributed by atoms with Crippen LogP contribution in [0, 0.1) is 18.3 Å². The first kappa shape index (κ1) is 17.2. The third kappa shape index (κ3) is 2.93. The van der Waals surface area contributed by atoms with E-state index in [1.165, 1.54) is 0 Å². The number of nitrogens with zero attached hydrogens (tertiary/aromatic N) is 3. The second kappa shape index (κ2) is 6.81. The van der Waals surface area contributed by atoms with E-state index in [0.29, 0.717) is 22.6 Å². The Bertz CT molecular complexity index is 1080. The number of aryl methyl sites for hydroxylation is 1. The van der Waals surface area contributed by atoms with Crippen molar-refractivity contribution in [2.75, 3.05) is 24.6 Å². The van der Waals surface area contributed by atoms with Crippen molar-refractivity contribution >= 4 is 27.9 Å². The molecule has 1 aromatic heterocycles. The lowest BCUT2D eigenvalue weighted by molar-refractivity contribution is 0.360. The maximum absolute atomic E-state index is 9.82. The minimum absolute atomic E-state index is 0.267. The molecule has 27 heavy (non-hydrogen) atoms. The fourth-order valence-electron chi connectivity index (χ4n) is 3.47. The molecular formula is C22H21N3O2. The lowest BCUT2D eigenvalue weighted by Crippen LogP contribution is -2.22.